The van der Waals surface area contributed by atoms with E-state index in [0.29, 0.717) is 17.1 Å². The maximum absolute atomic E-state index is 12.2. The maximum atomic E-state index is 12.2. The lowest BCUT2D eigenvalue weighted by atomic mass is 10.0. The molecule has 3 rings (SSSR count). The molecule has 0 aliphatic carbocycles. The standard InChI is InChI=1S/C20H16O4/c1-23-18-10-12-19(13-11-18)24-20(22)16-4-2-14(3-5-16)15-6-8-17(21)9-7-15/h2-13,21H,1H3. The largest absolute Gasteiger partial charge is 0.508 e. The van der Waals surface area contributed by atoms with E-state index in [0.717, 1.165) is 11.1 Å². The highest BCUT2D eigenvalue weighted by Crippen LogP contribution is 2.23. The molecule has 3 aromatic rings. The number of methoxy groups -OCH3 is 1. The zero-order chi connectivity index (χ0) is 16.9. The summed E-state index contributed by atoms with van der Waals surface area (Å²) < 4.78 is 10.4. The van der Waals surface area contributed by atoms with Crippen molar-refractivity contribution in [2.45, 2.75) is 0 Å². The van der Waals surface area contributed by atoms with Gasteiger partial charge in [-0.1, -0.05) is 24.3 Å². The van der Waals surface area contributed by atoms with Crippen molar-refractivity contribution in [1.29, 1.82) is 0 Å². The molecule has 120 valence electrons. The van der Waals surface area contributed by atoms with Crippen LogP contribution in [0.15, 0.2) is 72.8 Å². The topological polar surface area (TPSA) is 55.8 Å². The first-order valence-corrected chi connectivity index (χ1v) is 7.41. The van der Waals surface area contributed by atoms with Crippen LogP contribution in [0, 0.1) is 0 Å². The zero-order valence-electron chi connectivity index (χ0n) is 13.1. The summed E-state index contributed by atoms with van der Waals surface area (Å²) in [6.07, 6.45) is 0. The molecule has 0 saturated heterocycles. The van der Waals surface area contributed by atoms with Gasteiger partial charge in [0.05, 0.1) is 12.7 Å². The van der Waals surface area contributed by atoms with E-state index in [4.69, 9.17) is 9.47 Å². The van der Waals surface area contributed by atoms with Crippen LogP contribution in [0.2, 0.25) is 0 Å². The molecule has 4 heteroatoms. The average Bonchev–Trinajstić information content (AvgIpc) is 2.63. The molecule has 0 unspecified atom stereocenters. The van der Waals surface area contributed by atoms with Crippen molar-refractivity contribution in [2.75, 3.05) is 7.11 Å². The molecule has 0 fully saturated rings. The van der Waals surface area contributed by atoms with E-state index in [1.165, 1.54) is 0 Å². The minimum atomic E-state index is -0.419. The Morgan fingerprint density at radius 2 is 1.25 bits per heavy atom. The molecule has 0 atom stereocenters. The second kappa shape index (κ2) is 6.87. The van der Waals surface area contributed by atoms with E-state index in [2.05, 4.69) is 0 Å². The number of esters is 1. The van der Waals surface area contributed by atoms with Crippen LogP contribution < -0.4 is 9.47 Å². The fraction of sp³-hybridized carbons (Fsp3) is 0.0500. The molecule has 24 heavy (non-hydrogen) atoms. The lowest BCUT2D eigenvalue weighted by Gasteiger charge is -2.07. The number of aromatic hydroxyl groups is 1. The van der Waals surface area contributed by atoms with Gasteiger partial charge in [-0.15, -0.1) is 0 Å². The molecule has 0 saturated carbocycles. The van der Waals surface area contributed by atoms with Crippen molar-refractivity contribution >= 4 is 5.97 Å². The number of phenols is 1. The molecule has 3 aromatic carbocycles. The van der Waals surface area contributed by atoms with Crippen molar-refractivity contribution in [3.63, 3.8) is 0 Å². The Balaban J connectivity index is 1.72. The number of rotatable bonds is 4. The third kappa shape index (κ3) is 3.55. The average molecular weight is 320 g/mol. The Bertz CT molecular complexity index is 819. The summed E-state index contributed by atoms with van der Waals surface area (Å²) in [6.45, 7) is 0. The summed E-state index contributed by atoms with van der Waals surface area (Å²) in [5.74, 6) is 0.965. The second-order valence-corrected chi connectivity index (χ2v) is 5.19. The number of ether oxygens (including phenoxy) is 2. The van der Waals surface area contributed by atoms with Gasteiger partial charge in [0, 0.05) is 0 Å². The fourth-order valence-electron chi connectivity index (χ4n) is 2.26. The maximum Gasteiger partial charge on any atom is 0.343 e. The van der Waals surface area contributed by atoms with E-state index in [1.807, 2.05) is 24.3 Å². The molecule has 0 aliphatic rings. The Morgan fingerprint density at radius 3 is 1.79 bits per heavy atom. The first kappa shape index (κ1) is 15.6. The predicted molar refractivity (Wildman–Crippen MR) is 91.5 cm³/mol. The van der Waals surface area contributed by atoms with Gasteiger partial charge in [0.15, 0.2) is 0 Å². The Morgan fingerprint density at radius 1 is 0.750 bits per heavy atom. The van der Waals surface area contributed by atoms with Gasteiger partial charge < -0.3 is 14.6 Å². The van der Waals surface area contributed by atoms with Gasteiger partial charge in [0.2, 0.25) is 0 Å². The molecule has 0 spiro atoms. The Labute approximate surface area is 139 Å². The minimum absolute atomic E-state index is 0.221. The summed E-state index contributed by atoms with van der Waals surface area (Å²) in [6, 6.07) is 20.8. The third-order valence-electron chi connectivity index (χ3n) is 3.59. The summed E-state index contributed by atoms with van der Waals surface area (Å²) >= 11 is 0. The summed E-state index contributed by atoms with van der Waals surface area (Å²) in [7, 11) is 1.58. The van der Waals surface area contributed by atoms with Gasteiger partial charge >= 0.3 is 5.97 Å². The van der Waals surface area contributed by atoms with E-state index >= 15 is 0 Å². The van der Waals surface area contributed by atoms with Crippen LogP contribution >= 0.6 is 0 Å². The SMILES string of the molecule is COc1ccc(OC(=O)c2ccc(-c3ccc(O)cc3)cc2)cc1. The lowest BCUT2D eigenvalue weighted by Crippen LogP contribution is -2.08. The molecule has 0 radical (unpaired) electrons. The van der Waals surface area contributed by atoms with Gasteiger partial charge in [0.1, 0.15) is 17.2 Å². The monoisotopic (exact) mass is 320 g/mol. The molecule has 0 aromatic heterocycles. The molecule has 0 amide bonds. The van der Waals surface area contributed by atoms with Crippen molar-refractivity contribution < 1.29 is 19.4 Å². The first-order valence-electron chi connectivity index (χ1n) is 7.41. The van der Waals surface area contributed by atoms with Crippen LogP contribution in [0.5, 0.6) is 17.2 Å². The molecule has 4 nitrogen and oxygen atoms in total. The normalized spacial score (nSPS) is 10.2. The molecular weight excluding hydrogens is 304 g/mol. The van der Waals surface area contributed by atoms with E-state index < -0.39 is 5.97 Å². The number of carbonyl (C=O) groups excluding carboxylic acids is 1. The van der Waals surface area contributed by atoms with Crippen LogP contribution in [0.1, 0.15) is 10.4 Å². The van der Waals surface area contributed by atoms with E-state index in [-0.39, 0.29) is 5.75 Å². The first-order chi connectivity index (χ1) is 11.7. The summed E-state index contributed by atoms with van der Waals surface area (Å²) in [5, 5.41) is 9.32. The number of benzene rings is 3. The second-order valence-electron chi connectivity index (χ2n) is 5.19. The number of phenolic OH excluding ortho intramolecular Hbond substituents is 1. The zero-order valence-corrected chi connectivity index (χ0v) is 13.1. The molecule has 0 aliphatic heterocycles. The van der Waals surface area contributed by atoms with Crippen molar-refractivity contribution in [3.8, 4) is 28.4 Å². The number of hydrogen-bond donors (Lipinski definition) is 1. The lowest BCUT2D eigenvalue weighted by molar-refractivity contribution is 0.0734. The highest BCUT2D eigenvalue weighted by atomic mass is 16.5. The van der Waals surface area contributed by atoms with Gasteiger partial charge in [-0.25, -0.2) is 4.79 Å². The van der Waals surface area contributed by atoms with Gasteiger partial charge in [0.25, 0.3) is 0 Å². The molecule has 0 heterocycles. The fourth-order valence-corrected chi connectivity index (χ4v) is 2.26. The van der Waals surface area contributed by atoms with Gasteiger partial charge in [-0.3, -0.25) is 0 Å². The Hall–Kier alpha value is -3.27. The van der Waals surface area contributed by atoms with Crippen LogP contribution in [0.25, 0.3) is 11.1 Å². The third-order valence-corrected chi connectivity index (χ3v) is 3.59. The summed E-state index contributed by atoms with van der Waals surface area (Å²) in [5.41, 5.74) is 2.38. The van der Waals surface area contributed by atoms with Crippen molar-refractivity contribution in [3.05, 3.63) is 78.4 Å². The molecule has 0 bridgehead atoms. The van der Waals surface area contributed by atoms with Gasteiger partial charge in [-0.2, -0.15) is 0 Å². The van der Waals surface area contributed by atoms with Crippen LogP contribution in [0.3, 0.4) is 0 Å². The minimum Gasteiger partial charge on any atom is -0.508 e. The highest BCUT2D eigenvalue weighted by molar-refractivity contribution is 5.91. The predicted octanol–water partition coefficient (Wildman–Crippen LogP) is 4.29. The summed E-state index contributed by atoms with van der Waals surface area (Å²) in [4.78, 5) is 12.2. The molecular formula is C20H16O4. The highest BCUT2D eigenvalue weighted by Gasteiger charge is 2.09. The van der Waals surface area contributed by atoms with Gasteiger partial charge in [-0.05, 0) is 59.7 Å². The van der Waals surface area contributed by atoms with Crippen LogP contribution in [-0.2, 0) is 0 Å². The Kier molecular flexibility index (Phi) is 4.47. The number of carbonyl (C=O) groups is 1. The van der Waals surface area contributed by atoms with Crippen LogP contribution in [0.4, 0.5) is 0 Å². The van der Waals surface area contributed by atoms with E-state index in [1.54, 1.807) is 55.6 Å². The number of hydrogen-bond acceptors (Lipinski definition) is 4. The van der Waals surface area contributed by atoms with Crippen LogP contribution in [-0.4, -0.2) is 18.2 Å². The van der Waals surface area contributed by atoms with E-state index in [9.17, 15) is 9.90 Å². The van der Waals surface area contributed by atoms with Crippen molar-refractivity contribution in [2.24, 2.45) is 0 Å². The molecule has 1 N–H and O–H groups in total. The van der Waals surface area contributed by atoms with Crippen molar-refractivity contribution in [1.82, 2.24) is 0 Å². The smallest absolute Gasteiger partial charge is 0.343 e. The quantitative estimate of drug-likeness (QED) is 0.575.